The van der Waals surface area contributed by atoms with Gasteiger partial charge in [0, 0.05) is 5.39 Å². The SMILES string of the molecule is CC(C)(C)OCCOCC(N)c1cc2ccccc2o1. The van der Waals surface area contributed by atoms with Crippen LogP contribution in [0.1, 0.15) is 32.6 Å². The third-order valence-corrected chi connectivity index (χ3v) is 2.87. The molecular weight excluding hydrogens is 254 g/mol. The number of ether oxygens (including phenoxy) is 2. The average Bonchev–Trinajstić information content (AvgIpc) is 2.80. The van der Waals surface area contributed by atoms with Crippen molar-refractivity contribution in [3.8, 4) is 0 Å². The zero-order valence-corrected chi connectivity index (χ0v) is 12.4. The van der Waals surface area contributed by atoms with Gasteiger partial charge >= 0.3 is 0 Å². The highest BCUT2D eigenvalue weighted by Crippen LogP contribution is 2.22. The summed E-state index contributed by atoms with van der Waals surface area (Å²) >= 11 is 0. The van der Waals surface area contributed by atoms with Crippen LogP contribution in [0.4, 0.5) is 0 Å². The standard InChI is InChI=1S/C16H23NO3/c1-16(2,3)19-9-8-18-11-13(17)15-10-12-6-4-5-7-14(12)20-15/h4-7,10,13H,8-9,11,17H2,1-3H3. The summed E-state index contributed by atoms with van der Waals surface area (Å²) < 4.78 is 16.8. The predicted molar refractivity (Wildman–Crippen MR) is 79.7 cm³/mol. The highest BCUT2D eigenvalue weighted by molar-refractivity contribution is 5.77. The van der Waals surface area contributed by atoms with Gasteiger partial charge in [-0.2, -0.15) is 0 Å². The molecular formula is C16H23NO3. The Morgan fingerprint density at radius 1 is 1.20 bits per heavy atom. The van der Waals surface area contributed by atoms with E-state index in [0.717, 1.165) is 16.7 Å². The fraction of sp³-hybridized carbons (Fsp3) is 0.500. The summed E-state index contributed by atoms with van der Waals surface area (Å²) in [6, 6.07) is 9.58. The third kappa shape index (κ3) is 4.34. The molecule has 2 aromatic rings. The van der Waals surface area contributed by atoms with Crippen molar-refractivity contribution in [1.29, 1.82) is 0 Å². The minimum absolute atomic E-state index is 0.135. The van der Waals surface area contributed by atoms with E-state index in [1.165, 1.54) is 0 Å². The van der Waals surface area contributed by atoms with Crippen LogP contribution in [0.2, 0.25) is 0 Å². The van der Waals surface area contributed by atoms with Crippen LogP contribution in [-0.4, -0.2) is 25.4 Å². The average molecular weight is 277 g/mol. The van der Waals surface area contributed by atoms with Gasteiger partial charge in [-0.1, -0.05) is 18.2 Å². The molecule has 0 saturated heterocycles. The van der Waals surface area contributed by atoms with Crippen molar-refractivity contribution in [3.05, 3.63) is 36.1 Å². The van der Waals surface area contributed by atoms with Gasteiger partial charge in [0.1, 0.15) is 11.3 Å². The zero-order chi connectivity index (χ0) is 14.6. The minimum atomic E-state index is -0.253. The summed E-state index contributed by atoms with van der Waals surface area (Å²) in [5.74, 6) is 0.753. The first-order chi connectivity index (χ1) is 9.46. The molecule has 1 unspecified atom stereocenters. The second-order valence-electron chi connectivity index (χ2n) is 5.83. The van der Waals surface area contributed by atoms with Crippen molar-refractivity contribution in [3.63, 3.8) is 0 Å². The summed E-state index contributed by atoms with van der Waals surface area (Å²) in [7, 11) is 0. The quantitative estimate of drug-likeness (QED) is 0.823. The Hall–Kier alpha value is -1.36. The second kappa shape index (κ2) is 6.39. The molecule has 0 spiro atoms. The molecule has 1 atom stereocenters. The Labute approximate surface area is 119 Å². The zero-order valence-electron chi connectivity index (χ0n) is 12.4. The van der Waals surface area contributed by atoms with E-state index in [0.29, 0.717) is 19.8 Å². The molecule has 0 bridgehead atoms. The molecule has 4 heteroatoms. The fourth-order valence-corrected chi connectivity index (χ4v) is 1.88. The van der Waals surface area contributed by atoms with E-state index < -0.39 is 0 Å². The van der Waals surface area contributed by atoms with Crippen molar-refractivity contribution in [1.82, 2.24) is 0 Å². The van der Waals surface area contributed by atoms with Crippen molar-refractivity contribution >= 4 is 11.0 Å². The summed E-state index contributed by atoms with van der Waals surface area (Å²) in [4.78, 5) is 0. The molecule has 20 heavy (non-hydrogen) atoms. The van der Waals surface area contributed by atoms with E-state index in [2.05, 4.69) is 0 Å². The van der Waals surface area contributed by atoms with Gasteiger partial charge in [-0.3, -0.25) is 0 Å². The highest BCUT2D eigenvalue weighted by atomic mass is 16.5. The molecule has 0 aliphatic heterocycles. The smallest absolute Gasteiger partial charge is 0.134 e. The van der Waals surface area contributed by atoms with Gasteiger partial charge in [0.25, 0.3) is 0 Å². The Morgan fingerprint density at radius 3 is 2.65 bits per heavy atom. The number of para-hydroxylation sites is 1. The first-order valence-electron chi connectivity index (χ1n) is 6.91. The lowest BCUT2D eigenvalue weighted by molar-refractivity contribution is -0.0368. The summed E-state index contributed by atoms with van der Waals surface area (Å²) in [5.41, 5.74) is 6.79. The molecule has 1 aromatic heterocycles. The van der Waals surface area contributed by atoms with Gasteiger partial charge in [0.05, 0.1) is 31.5 Å². The predicted octanol–water partition coefficient (Wildman–Crippen LogP) is 3.26. The second-order valence-corrected chi connectivity index (χ2v) is 5.83. The number of fused-ring (bicyclic) bond motifs is 1. The normalized spacial score (nSPS) is 13.8. The van der Waals surface area contributed by atoms with Crippen molar-refractivity contribution in [2.45, 2.75) is 32.4 Å². The molecule has 2 rings (SSSR count). The fourth-order valence-electron chi connectivity index (χ4n) is 1.88. The molecule has 0 radical (unpaired) electrons. The number of hydrogen-bond acceptors (Lipinski definition) is 4. The number of benzene rings is 1. The Bertz CT molecular complexity index is 509. The van der Waals surface area contributed by atoms with Gasteiger partial charge < -0.3 is 19.6 Å². The van der Waals surface area contributed by atoms with Crippen LogP contribution in [-0.2, 0) is 9.47 Å². The maximum Gasteiger partial charge on any atom is 0.134 e. The molecule has 2 N–H and O–H groups in total. The molecule has 0 saturated carbocycles. The lowest BCUT2D eigenvalue weighted by atomic mass is 10.2. The molecule has 0 amide bonds. The van der Waals surface area contributed by atoms with Crippen LogP contribution >= 0.6 is 0 Å². The van der Waals surface area contributed by atoms with Gasteiger partial charge in [-0.05, 0) is 32.9 Å². The van der Waals surface area contributed by atoms with Crippen molar-refractivity contribution < 1.29 is 13.9 Å². The van der Waals surface area contributed by atoms with Gasteiger partial charge in [0.2, 0.25) is 0 Å². The van der Waals surface area contributed by atoms with Gasteiger partial charge in [-0.15, -0.1) is 0 Å². The van der Waals surface area contributed by atoms with Crippen LogP contribution in [0.15, 0.2) is 34.7 Å². The molecule has 0 fully saturated rings. The van der Waals surface area contributed by atoms with E-state index in [9.17, 15) is 0 Å². The Balaban J connectivity index is 1.78. The molecule has 1 aromatic carbocycles. The summed E-state index contributed by atoms with van der Waals surface area (Å²) in [6.45, 7) is 7.59. The number of nitrogens with two attached hydrogens (primary N) is 1. The number of hydrogen-bond donors (Lipinski definition) is 1. The molecule has 0 aliphatic carbocycles. The van der Waals surface area contributed by atoms with Crippen molar-refractivity contribution in [2.24, 2.45) is 5.73 Å². The van der Waals surface area contributed by atoms with E-state index in [-0.39, 0.29) is 11.6 Å². The van der Waals surface area contributed by atoms with Gasteiger partial charge in [0.15, 0.2) is 0 Å². The van der Waals surface area contributed by atoms with E-state index in [1.54, 1.807) is 0 Å². The monoisotopic (exact) mass is 277 g/mol. The van der Waals surface area contributed by atoms with E-state index in [4.69, 9.17) is 19.6 Å². The minimum Gasteiger partial charge on any atom is -0.459 e. The van der Waals surface area contributed by atoms with Crippen LogP contribution in [0, 0.1) is 0 Å². The maximum atomic E-state index is 6.07. The highest BCUT2D eigenvalue weighted by Gasteiger charge is 2.13. The van der Waals surface area contributed by atoms with Crippen LogP contribution in [0.3, 0.4) is 0 Å². The lowest BCUT2D eigenvalue weighted by Crippen LogP contribution is -2.23. The van der Waals surface area contributed by atoms with Crippen LogP contribution in [0.25, 0.3) is 11.0 Å². The third-order valence-electron chi connectivity index (χ3n) is 2.87. The van der Waals surface area contributed by atoms with Gasteiger partial charge in [-0.25, -0.2) is 0 Å². The Kier molecular flexibility index (Phi) is 4.81. The number of furan rings is 1. The lowest BCUT2D eigenvalue weighted by Gasteiger charge is -2.19. The first-order valence-corrected chi connectivity index (χ1v) is 6.91. The molecule has 4 nitrogen and oxygen atoms in total. The van der Waals surface area contributed by atoms with Crippen molar-refractivity contribution in [2.75, 3.05) is 19.8 Å². The van der Waals surface area contributed by atoms with Crippen LogP contribution < -0.4 is 5.73 Å². The van der Waals surface area contributed by atoms with E-state index in [1.807, 2.05) is 51.1 Å². The molecule has 1 heterocycles. The largest absolute Gasteiger partial charge is 0.459 e. The summed E-state index contributed by atoms with van der Waals surface area (Å²) in [6.07, 6.45) is 0. The summed E-state index contributed by atoms with van der Waals surface area (Å²) in [5, 5.41) is 1.06. The molecule has 110 valence electrons. The Morgan fingerprint density at radius 2 is 1.95 bits per heavy atom. The van der Waals surface area contributed by atoms with E-state index >= 15 is 0 Å². The first kappa shape index (κ1) is 15.0. The number of rotatable bonds is 6. The maximum absolute atomic E-state index is 6.07. The topological polar surface area (TPSA) is 57.6 Å². The molecule has 0 aliphatic rings. The van der Waals surface area contributed by atoms with Crippen LogP contribution in [0.5, 0.6) is 0 Å².